The van der Waals surface area contributed by atoms with Crippen molar-refractivity contribution in [3.8, 4) is 0 Å². The lowest BCUT2D eigenvalue weighted by atomic mass is 10.1. The summed E-state index contributed by atoms with van der Waals surface area (Å²) in [6.07, 6.45) is 0.738. The smallest absolute Gasteiger partial charge is 0.282 e. The van der Waals surface area contributed by atoms with Crippen LogP contribution in [-0.4, -0.2) is 40.5 Å². The lowest BCUT2D eigenvalue weighted by Crippen LogP contribution is -2.30. The number of aryl methyl sites for hydroxylation is 1. The van der Waals surface area contributed by atoms with Crippen LogP contribution in [0.25, 0.3) is 0 Å². The van der Waals surface area contributed by atoms with E-state index in [1.54, 1.807) is 24.0 Å². The first-order valence-corrected chi connectivity index (χ1v) is 6.18. The molecule has 0 spiro atoms. The molecule has 6 heteroatoms. The van der Waals surface area contributed by atoms with Crippen molar-refractivity contribution in [1.29, 1.82) is 0 Å². The van der Waals surface area contributed by atoms with Gasteiger partial charge in [-0.05, 0) is 18.9 Å². The third-order valence-electron chi connectivity index (χ3n) is 3.49. The zero-order valence-corrected chi connectivity index (χ0v) is 10.7. The first-order valence-electron chi connectivity index (χ1n) is 6.18. The summed E-state index contributed by atoms with van der Waals surface area (Å²) < 4.78 is 0. The van der Waals surface area contributed by atoms with E-state index in [2.05, 4.69) is 0 Å². The van der Waals surface area contributed by atoms with Gasteiger partial charge in [-0.3, -0.25) is 14.9 Å². The van der Waals surface area contributed by atoms with E-state index in [0.29, 0.717) is 18.7 Å². The van der Waals surface area contributed by atoms with Crippen LogP contribution >= 0.6 is 0 Å². The van der Waals surface area contributed by atoms with Gasteiger partial charge in [0, 0.05) is 31.7 Å². The number of likely N-dealkylation sites (tertiary alicyclic amines) is 1. The molecule has 0 saturated carbocycles. The molecular formula is C13H16N2O4. The molecule has 6 nitrogen and oxygen atoms in total. The van der Waals surface area contributed by atoms with Gasteiger partial charge in [-0.15, -0.1) is 0 Å². The van der Waals surface area contributed by atoms with Crippen LogP contribution in [0.1, 0.15) is 22.3 Å². The maximum atomic E-state index is 12.4. The third-order valence-corrected chi connectivity index (χ3v) is 3.49. The molecule has 0 aromatic heterocycles. The topological polar surface area (TPSA) is 83.7 Å². The fourth-order valence-electron chi connectivity index (χ4n) is 2.41. The Balaban J connectivity index is 2.31. The van der Waals surface area contributed by atoms with Crippen molar-refractivity contribution in [2.75, 3.05) is 19.7 Å². The number of aliphatic hydroxyl groups excluding tert-OH is 1. The minimum absolute atomic E-state index is 0.0413. The predicted molar refractivity (Wildman–Crippen MR) is 68.9 cm³/mol. The van der Waals surface area contributed by atoms with Gasteiger partial charge in [-0.25, -0.2) is 0 Å². The Labute approximate surface area is 110 Å². The summed E-state index contributed by atoms with van der Waals surface area (Å²) in [7, 11) is 0. The lowest BCUT2D eigenvalue weighted by molar-refractivity contribution is -0.385. The molecule has 1 unspecified atom stereocenters. The summed E-state index contributed by atoms with van der Waals surface area (Å²) in [6.45, 7) is 2.73. The molecule has 2 rings (SSSR count). The van der Waals surface area contributed by atoms with E-state index in [1.807, 2.05) is 0 Å². The Hall–Kier alpha value is -1.95. The van der Waals surface area contributed by atoms with Crippen molar-refractivity contribution in [3.05, 3.63) is 39.4 Å². The molecule has 1 saturated heterocycles. The van der Waals surface area contributed by atoms with Gasteiger partial charge in [0.05, 0.1) is 4.92 Å². The van der Waals surface area contributed by atoms with Crippen LogP contribution < -0.4 is 0 Å². The molecular weight excluding hydrogens is 248 g/mol. The molecule has 0 aliphatic carbocycles. The van der Waals surface area contributed by atoms with Crippen LogP contribution in [0.4, 0.5) is 5.69 Å². The van der Waals surface area contributed by atoms with Gasteiger partial charge in [0.1, 0.15) is 5.56 Å². The fraction of sp³-hybridized carbons (Fsp3) is 0.462. The molecule has 1 heterocycles. The number of rotatable bonds is 3. The molecule has 0 radical (unpaired) electrons. The second kappa shape index (κ2) is 5.36. The summed E-state index contributed by atoms with van der Waals surface area (Å²) in [5, 5.41) is 20.1. The summed E-state index contributed by atoms with van der Waals surface area (Å²) in [5.74, 6) is -0.243. The SMILES string of the molecule is Cc1cccc([N+](=O)[O-])c1C(=O)N1CCC(CO)C1. The standard InChI is InChI=1S/C13H16N2O4/c1-9-3-2-4-11(15(18)19)12(9)13(17)14-6-5-10(7-14)8-16/h2-4,10,16H,5-8H2,1H3. The van der Waals surface area contributed by atoms with Gasteiger partial charge in [0.25, 0.3) is 11.6 Å². The predicted octanol–water partition coefficient (Wildman–Crippen LogP) is 1.36. The van der Waals surface area contributed by atoms with Crippen LogP contribution in [0.5, 0.6) is 0 Å². The van der Waals surface area contributed by atoms with Gasteiger partial charge in [-0.2, -0.15) is 0 Å². The van der Waals surface area contributed by atoms with E-state index in [-0.39, 0.29) is 29.7 Å². The van der Waals surface area contributed by atoms with Gasteiger partial charge in [0.2, 0.25) is 0 Å². The van der Waals surface area contributed by atoms with E-state index in [9.17, 15) is 14.9 Å². The molecule has 1 N–H and O–H groups in total. The average Bonchev–Trinajstić information content (AvgIpc) is 2.86. The van der Waals surface area contributed by atoms with Crippen molar-refractivity contribution in [3.63, 3.8) is 0 Å². The van der Waals surface area contributed by atoms with E-state index in [4.69, 9.17) is 5.11 Å². The number of nitro benzene ring substituents is 1. The number of hydrogen-bond donors (Lipinski definition) is 1. The second-order valence-electron chi connectivity index (χ2n) is 4.81. The highest BCUT2D eigenvalue weighted by Crippen LogP contribution is 2.26. The second-order valence-corrected chi connectivity index (χ2v) is 4.81. The summed E-state index contributed by atoms with van der Waals surface area (Å²) in [6, 6.07) is 4.62. The van der Waals surface area contributed by atoms with Crippen LogP contribution in [0.3, 0.4) is 0 Å². The van der Waals surface area contributed by atoms with Crippen molar-refractivity contribution >= 4 is 11.6 Å². The lowest BCUT2D eigenvalue weighted by Gasteiger charge is -2.17. The first-order chi connectivity index (χ1) is 9.04. The molecule has 1 atom stereocenters. The van der Waals surface area contributed by atoms with Gasteiger partial charge in [-0.1, -0.05) is 12.1 Å². The van der Waals surface area contributed by atoms with Gasteiger partial charge in [0.15, 0.2) is 0 Å². The minimum Gasteiger partial charge on any atom is -0.396 e. The molecule has 1 aromatic rings. The number of carbonyl (C=O) groups excluding carboxylic acids is 1. The van der Waals surface area contributed by atoms with E-state index < -0.39 is 4.92 Å². The average molecular weight is 264 g/mol. The molecule has 1 aliphatic rings. The van der Waals surface area contributed by atoms with Crippen molar-refractivity contribution in [2.24, 2.45) is 5.92 Å². The van der Waals surface area contributed by atoms with E-state index >= 15 is 0 Å². The summed E-state index contributed by atoms with van der Waals surface area (Å²) in [5.41, 5.74) is 0.607. The molecule has 0 bridgehead atoms. The normalized spacial score (nSPS) is 18.6. The van der Waals surface area contributed by atoms with Crippen LogP contribution in [0, 0.1) is 23.0 Å². The number of benzene rings is 1. The number of hydrogen-bond acceptors (Lipinski definition) is 4. The van der Waals surface area contributed by atoms with Crippen LogP contribution in [0.15, 0.2) is 18.2 Å². The fourth-order valence-corrected chi connectivity index (χ4v) is 2.41. The van der Waals surface area contributed by atoms with Gasteiger partial charge < -0.3 is 10.0 Å². The zero-order chi connectivity index (χ0) is 14.0. The highest BCUT2D eigenvalue weighted by molar-refractivity contribution is 5.99. The molecule has 1 aromatic carbocycles. The maximum absolute atomic E-state index is 12.4. The summed E-state index contributed by atoms with van der Waals surface area (Å²) >= 11 is 0. The Morgan fingerprint density at radius 2 is 2.32 bits per heavy atom. The number of nitro groups is 1. The first kappa shape index (κ1) is 13.5. The highest BCUT2D eigenvalue weighted by atomic mass is 16.6. The highest BCUT2D eigenvalue weighted by Gasteiger charge is 2.31. The monoisotopic (exact) mass is 264 g/mol. The van der Waals surface area contributed by atoms with E-state index in [1.165, 1.54) is 6.07 Å². The van der Waals surface area contributed by atoms with Crippen molar-refractivity contribution in [1.82, 2.24) is 4.90 Å². The molecule has 1 amide bonds. The Kier molecular flexibility index (Phi) is 3.80. The van der Waals surface area contributed by atoms with Crippen LogP contribution in [0.2, 0.25) is 0 Å². The molecule has 102 valence electrons. The molecule has 1 aliphatic heterocycles. The van der Waals surface area contributed by atoms with Crippen molar-refractivity contribution < 1.29 is 14.8 Å². The Bertz CT molecular complexity index is 515. The van der Waals surface area contributed by atoms with Crippen molar-refractivity contribution in [2.45, 2.75) is 13.3 Å². The quantitative estimate of drug-likeness (QED) is 0.660. The third kappa shape index (κ3) is 2.58. The van der Waals surface area contributed by atoms with E-state index in [0.717, 1.165) is 6.42 Å². The molecule has 1 fully saturated rings. The Morgan fingerprint density at radius 3 is 2.89 bits per heavy atom. The van der Waals surface area contributed by atoms with Crippen LogP contribution in [-0.2, 0) is 0 Å². The largest absolute Gasteiger partial charge is 0.396 e. The molecule has 19 heavy (non-hydrogen) atoms. The number of amides is 1. The van der Waals surface area contributed by atoms with Gasteiger partial charge >= 0.3 is 0 Å². The number of carbonyl (C=O) groups is 1. The maximum Gasteiger partial charge on any atom is 0.282 e. The number of nitrogens with zero attached hydrogens (tertiary/aromatic N) is 2. The zero-order valence-electron chi connectivity index (χ0n) is 10.7. The number of aliphatic hydroxyl groups is 1. The minimum atomic E-state index is -0.528. The summed E-state index contributed by atoms with van der Waals surface area (Å²) in [4.78, 5) is 24.5. The Morgan fingerprint density at radius 1 is 1.58 bits per heavy atom.